The molecule has 1 aliphatic rings. The molecule has 1 aromatic carbocycles. The van der Waals surface area contributed by atoms with Crippen LogP contribution in [-0.2, 0) is 16.2 Å². The summed E-state index contributed by atoms with van der Waals surface area (Å²) in [5.74, 6) is -0.0937. The minimum absolute atomic E-state index is 0. The number of halogens is 5. The lowest BCUT2D eigenvalue weighted by molar-refractivity contribution is -0.137. The second kappa shape index (κ2) is 10.1. The number of hydrogen-bond acceptors (Lipinski definition) is 6. The van der Waals surface area contributed by atoms with Gasteiger partial charge in [-0.25, -0.2) is 18.1 Å². The number of pyridine rings is 1. The number of benzene rings is 1. The van der Waals surface area contributed by atoms with E-state index in [1.165, 1.54) is 24.3 Å². The van der Waals surface area contributed by atoms with Crippen molar-refractivity contribution < 1.29 is 36.5 Å². The lowest BCUT2D eigenvalue weighted by atomic mass is 9.87. The predicted octanol–water partition coefficient (Wildman–Crippen LogP) is 3.03. The molecule has 1 fully saturated rings. The monoisotopic (exact) mass is 516 g/mol. The van der Waals surface area contributed by atoms with Crippen LogP contribution in [0.15, 0.2) is 47.5 Å². The number of rotatable bonds is 7. The van der Waals surface area contributed by atoms with Gasteiger partial charge in [-0.05, 0) is 43.2 Å². The van der Waals surface area contributed by atoms with Gasteiger partial charge >= 0.3 is 6.18 Å². The second-order valence-electron chi connectivity index (χ2n) is 7.49. The third kappa shape index (κ3) is 6.46. The van der Waals surface area contributed by atoms with E-state index in [1.54, 1.807) is 0 Å². The van der Waals surface area contributed by atoms with Crippen molar-refractivity contribution in [3.63, 3.8) is 0 Å². The highest BCUT2D eigenvalue weighted by Crippen LogP contribution is 2.39. The predicted molar refractivity (Wildman–Crippen MR) is 112 cm³/mol. The van der Waals surface area contributed by atoms with Crippen molar-refractivity contribution in [2.75, 3.05) is 13.2 Å². The van der Waals surface area contributed by atoms with Gasteiger partial charge in [0.15, 0.2) is 0 Å². The topological polar surface area (TPSA) is 109 Å². The molecule has 7 nitrogen and oxygen atoms in total. The first-order valence-corrected chi connectivity index (χ1v) is 11.0. The first kappa shape index (κ1) is 26.6. The summed E-state index contributed by atoms with van der Waals surface area (Å²) >= 11 is 5.78. The van der Waals surface area contributed by atoms with Crippen molar-refractivity contribution in [3.05, 3.63) is 53.2 Å². The van der Waals surface area contributed by atoms with E-state index < -0.39 is 39.4 Å². The Labute approximate surface area is 194 Å². The molecule has 32 heavy (non-hydrogen) atoms. The standard InChI is InChI=1S/C19H20ClF3N2O5S.ClH/c20-13-2-4-14(5-3-13)31(28,29)25-10-18(7-15(26)16(27)8-18)11-30-17-6-1-12(9-24-17)19(21,22)23;/h1-6,9,15-16,25-27H,7-8,10-11H2;1H/t15-,16+,18?;. The van der Waals surface area contributed by atoms with Crippen LogP contribution in [-0.4, -0.2) is 49.0 Å². The average Bonchev–Trinajstić information content (AvgIpc) is 2.99. The molecule has 1 heterocycles. The minimum atomic E-state index is -4.54. The van der Waals surface area contributed by atoms with Gasteiger partial charge < -0.3 is 14.9 Å². The lowest BCUT2D eigenvalue weighted by Crippen LogP contribution is -2.40. The number of aliphatic hydroxyl groups excluding tert-OH is 2. The molecule has 3 N–H and O–H groups in total. The van der Waals surface area contributed by atoms with Crippen LogP contribution >= 0.6 is 24.0 Å². The van der Waals surface area contributed by atoms with E-state index in [4.69, 9.17) is 16.3 Å². The number of nitrogens with one attached hydrogen (secondary N) is 1. The summed E-state index contributed by atoms with van der Waals surface area (Å²) in [6.07, 6.45) is -6.04. The second-order valence-corrected chi connectivity index (χ2v) is 9.70. The zero-order valence-corrected chi connectivity index (χ0v) is 18.8. The normalized spacial score (nSPS) is 23.6. The van der Waals surface area contributed by atoms with Crippen molar-refractivity contribution in [2.45, 2.75) is 36.1 Å². The highest BCUT2D eigenvalue weighted by Gasteiger charge is 2.45. The molecule has 0 bridgehead atoms. The molecule has 2 aromatic rings. The van der Waals surface area contributed by atoms with E-state index in [9.17, 15) is 31.8 Å². The summed E-state index contributed by atoms with van der Waals surface area (Å²) in [5.41, 5.74) is -1.93. The number of hydrogen-bond donors (Lipinski definition) is 3. The van der Waals surface area contributed by atoms with E-state index >= 15 is 0 Å². The lowest BCUT2D eigenvalue weighted by Gasteiger charge is -2.29. The van der Waals surface area contributed by atoms with Crippen molar-refractivity contribution in [1.82, 2.24) is 9.71 Å². The third-order valence-corrected chi connectivity index (χ3v) is 6.75. The van der Waals surface area contributed by atoms with Crippen molar-refractivity contribution in [1.29, 1.82) is 0 Å². The van der Waals surface area contributed by atoms with Gasteiger partial charge in [0.2, 0.25) is 15.9 Å². The number of aromatic nitrogens is 1. The number of sulfonamides is 1. The molecule has 1 unspecified atom stereocenters. The van der Waals surface area contributed by atoms with Crippen LogP contribution in [0.1, 0.15) is 18.4 Å². The molecule has 0 aliphatic heterocycles. The first-order valence-electron chi connectivity index (χ1n) is 9.18. The molecule has 3 rings (SSSR count). The summed E-state index contributed by atoms with van der Waals surface area (Å²) in [7, 11) is -3.91. The summed E-state index contributed by atoms with van der Waals surface area (Å²) in [5, 5.41) is 20.4. The highest BCUT2D eigenvalue weighted by molar-refractivity contribution is 7.89. The molecule has 0 saturated heterocycles. The quantitative estimate of drug-likeness (QED) is 0.521. The van der Waals surface area contributed by atoms with Crippen LogP contribution in [0.25, 0.3) is 0 Å². The maximum absolute atomic E-state index is 12.7. The molecule has 0 radical (unpaired) electrons. The fourth-order valence-corrected chi connectivity index (χ4v) is 4.64. The van der Waals surface area contributed by atoms with Crippen LogP contribution in [0, 0.1) is 5.41 Å². The van der Waals surface area contributed by atoms with E-state index in [2.05, 4.69) is 9.71 Å². The summed E-state index contributed by atoms with van der Waals surface area (Å²) in [4.78, 5) is 3.60. The number of alkyl halides is 3. The molecular weight excluding hydrogens is 496 g/mol. The Kier molecular flexibility index (Phi) is 8.41. The molecule has 13 heteroatoms. The molecule has 3 atom stereocenters. The van der Waals surface area contributed by atoms with Gasteiger partial charge in [0.25, 0.3) is 0 Å². The van der Waals surface area contributed by atoms with Gasteiger partial charge in [0.05, 0.1) is 29.3 Å². The van der Waals surface area contributed by atoms with Crippen LogP contribution in [0.2, 0.25) is 5.02 Å². The van der Waals surface area contributed by atoms with Gasteiger partial charge in [-0.3, -0.25) is 0 Å². The summed E-state index contributed by atoms with van der Waals surface area (Å²) < 4.78 is 71.1. The van der Waals surface area contributed by atoms with E-state index in [1.807, 2.05) is 0 Å². The van der Waals surface area contributed by atoms with Gasteiger partial charge in [-0.1, -0.05) is 11.6 Å². The van der Waals surface area contributed by atoms with Gasteiger partial charge in [0.1, 0.15) is 0 Å². The fourth-order valence-electron chi connectivity index (χ4n) is 3.36. The molecule has 0 spiro atoms. The molecule has 1 aromatic heterocycles. The number of nitrogens with zero attached hydrogens (tertiary/aromatic N) is 1. The van der Waals surface area contributed by atoms with Gasteiger partial charge in [-0.2, -0.15) is 13.2 Å². The van der Waals surface area contributed by atoms with Crippen molar-refractivity contribution >= 4 is 34.0 Å². The maximum atomic E-state index is 12.7. The summed E-state index contributed by atoms with van der Waals surface area (Å²) in [6, 6.07) is 7.38. The molecular formula is C19H21Cl2F3N2O5S. The van der Waals surface area contributed by atoms with Gasteiger partial charge in [0, 0.05) is 29.2 Å². The number of aliphatic hydroxyl groups is 2. The van der Waals surface area contributed by atoms with Crippen molar-refractivity contribution in [3.8, 4) is 5.88 Å². The Morgan fingerprint density at radius 2 is 1.72 bits per heavy atom. The largest absolute Gasteiger partial charge is 0.477 e. The fraction of sp³-hybridized carbons (Fsp3) is 0.421. The van der Waals surface area contributed by atoms with Gasteiger partial charge in [-0.15, -0.1) is 12.4 Å². The minimum Gasteiger partial charge on any atom is -0.477 e. The zero-order chi connectivity index (χ0) is 22.9. The molecule has 0 amide bonds. The van der Waals surface area contributed by atoms with E-state index in [0.717, 1.165) is 12.1 Å². The average molecular weight is 517 g/mol. The maximum Gasteiger partial charge on any atom is 0.417 e. The molecule has 1 aliphatic carbocycles. The van der Waals surface area contributed by atoms with Crippen LogP contribution in [0.3, 0.4) is 0 Å². The summed E-state index contributed by atoms with van der Waals surface area (Å²) in [6.45, 7) is -0.352. The number of ether oxygens (including phenoxy) is 1. The van der Waals surface area contributed by atoms with Crippen LogP contribution in [0.4, 0.5) is 13.2 Å². The highest BCUT2D eigenvalue weighted by atomic mass is 35.5. The Hall–Kier alpha value is -1.63. The SMILES string of the molecule is Cl.O=S(=O)(NCC1(COc2ccc(C(F)(F)F)cn2)C[C@@H](O)[C@@H](O)C1)c1ccc(Cl)cc1. The van der Waals surface area contributed by atoms with Crippen LogP contribution in [0.5, 0.6) is 5.88 Å². The van der Waals surface area contributed by atoms with Crippen molar-refractivity contribution in [2.24, 2.45) is 5.41 Å². The Morgan fingerprint density at radius 1 is 1.12 bits per heavy atom. The Bertz CT molecular complexity index is 995. The van der Waals surface area contributed by atoms with E-state index in [0.29, 0.717) is 11.2 Å². The smallest absolute Gasteiger partial charge is 0.417 e. The third-order valence-electron chi connectivity index (χ3n) is 5.08. The first-order chi connectivity index (χ1) is 14.4. The zero-order valence-electron chi connectivity index (χ0n) is 16.4. The van der Waals surface area contributed by atoms with Crippen LogP contribution < -0.4 is 9.46 Å². The molecule has 1 saturated carbocycles. The van der Waals surface area contributed by atoms with E-state index in [-0.39, 0.29) is 49.2 Å². The Morgan fingerprint density at radius 3 is 2.22 bits per heavy atom. The molecule has 178 valence electrons. The Balaban J connectivity index is 0.00000363.